The van der Waals surface area contributed by atoms with Crippen LogP contribution in [-0.2, 0) is 17.8 Å². The van der Waals surface area contributed by atoms with Gasteiger partial charge in [-0.15, -0.1) is 0 Å². The number of rotatable bonds is 6. The van der Waals surface area contributed by atoms with Crippen molar-refractivity contribution in [3.05, 3.63) is 64.5 Å². The number of nitrogens with one attached hydrogen (secondary N) is 1. The van der Waals surface area contributed by atoms with Crippen molar-refractivity contribution in [2.45, 2.75) is 47.1 Å². The molecule has 1 N–H and O–H groups in total. The molecule has 0 saturated carbocycles. The molecule has 0 bridgehead atoms. The number of imidazole rings is 1. The topological polar surface area (TPSA) is 46.9 Å². The molecule has 136 valence electrons. The Kier molecular flexibility index (Phi) is 5.40. The molecule has 1 aromatic heterocycles. The molecule has 3 aromatic rings. The summed E-state index contributed by atoms with van der Waals surface area (Å²) in [6.07, 6.45) is 1.73. The van der Waals surface area contributed by atoms with Gasteiger partial charge in [-0.3, -0.25) is 4.79 Å². The maximum absolute atomic E-state index is 11.1. The lowest BCUT2D eigenvalue weighted by Crippen LogP contribution is -2.21. The van der Waals surface area contributed by atoms with Crippen LogP contribution in [0.3, 0.4) is 0 Å². The van der Waals surface area contributed by atoms with E-state index in [1.165, 1.54) is 27.8 Å². The molecule has 4 heteroatoms. The van der Waals surface area contributed by atoms with Crippen LogP contribution in [0.15, 0.2) is 36.4 Å². The highest BCUT2D eigenvalue weighted by atomic mass is 16.1. The third kappa shape index (κ3) is 3.96. The molecule has 0 aliphatic carbocycles. The molecule has 1 amide bonds. The van der Waals surface area contributed by atoms with Crippen LogP contribution in [0.5, 0.6) is 0 Å². The van der Waals surface area contributed by atoms with Crippen LogP contribution in [0.25, 0.3) is 11.0 Å². The Bertz CT molecular complexity index is 917. The number of carbonyl (C=O) groups is 1. The van der Waals surface area contributed by atoms with E-state index in [4.69, 9.17) is 4.98 Å². The Balaban J connectivity index is 1.93. The predicted molar refractivity (Wildman–Crippen MR) is 106 cm³/mol. The van der Waals surface area contributed by atoms with E-state index in [1.807, 2.05) is 6.07 Å². The lowest BCUT2D eigenvalue weighted by atomic mass is 9.99. The Morgan fingerprint density at radius 1 is 1.12 bits per heavy atom. The van der Waals surface area contributed by atoms with Gasteiger partial charge in [-0.2, -0.15) is 0 Å². The molecule has 3 rings (SSSR count). The first-order chi connectivity index (χ1) is 12.5. The summed E-state index contributed by atoms with van der Waals surface area (Å²) in [6, 6.07) is 12.8. The van der Waals surface area contributed by atoms with E-state index in [0.717, 1.165) is 30.7 Å². The van der Waals surface area contributed by atoms with Gasteiger partial charge in [0.25, 0.3) is 0 Å². The molecule has 1 heterocycles. The number of nitrogens with zero attached hydrogens (tertiary/aromatic N) is 2. The van der Waals surface area contributed by atoms with Crippen molar-refractivity contribution in [1.29, 1.82) is 0 Å². The zero-order valence-corrected chi connectivity index (χ0v) is 16.1. The highest BCUT2D eigenvalue weighted by molar-refractivity contribution is 5.76. The fourth-order valence-electron chi connectivity index (χ4n) is 3.62. The average molecular weight is 349 g/mol. The second-order valence-electron chi connectivity index (χ2n) is 7.07. The summed E-state index contributed by atoms with van der Waals surface area (Å²) in [5.74, 6) is 1.10. The van der Waals surface area contributed by atoms with E-state index in [0.29, 0.717) is 6.54 Å². The molecule has 0 radical (unpaired) electrons. The van der Waals surface area contributed by atoms with Crippen LogP contribution in [-0.4, -0.2) is 22.0 Å². The van der Waals surface area contributed by atoms with Gasteiger partial charge in [0.2, 0.25) is 5.91 Å². The lowest BCUT2D eigenvalue weighted by molar-refractivity contribution is -0.118. The maximum Gasteiger partial charge on any atom is 0.216 e. The summed E-state index contributed by atoms with van der Waals surface area (Å²) in [5, 5.41) is 2.87. The van der Waals surface area contributed by atoms with Crippen molar-refractivity contribution in [3.63, 3.8) is 0 Å². The number of aryl methyl sites for hydroxylation is 4. The highest BCUT2D eigenvalue weighted by Gasteiger charge is 2.13. The average Bonchev–Trinajstić information content (AvgIpc) is 2.92. The molecular weight excluding hydrogens is 322 g/mol. The third-order valence-corrected chi connectivity index (χ3v) is 4.84. The van der Waals surface area contributed by atoms with Gasteiger partial charge in [0.15, 0.2) is 0 Å². The van der Waals surface area contributed by atoms with E-state index >= 15 is 0 Å². The molecule has 0 spiro atoms. The Morgan fingerprint density at radius 2 is 1.81 bits per heavy atom. The number of aromatic nitrogens is 2. The molecule has 2 aromatic carbocycles. The van der Waals surface area contributed by atoms with E-state index in [2.05, 4.69) is 61.0 Å². The first-order valence-corrected chi connectivity index (χ1v) is 9.21. The largest absolute Gasteiger partial charge is 0.356 e. The highest BCUT2D eigenvalue weighted by Crippen LogP contribution is 2.23. The fraction of sp³-hybridized carbons (Fsp3) is 0.364. The van der Waals surface area contributed by atoms with E-state index < -0.39 is 0 Å². The molecule has 0 aliphatic rings. The lowest BCUT2D eigenvalue weighted by Gasteiger charge is -2.15. The molecule has 0 aliphatic heterocycles. The Labute approximate surface area is 155 Å². The maximum atomic E-state index is 11.1. The Morgan fingerprint density at radius 3 is 2.50 bits per heavy atom. The number of para-hydroxylation sites is 2. The molecule has 0 saturated heterocycles. The number of fused-ring (bicyclic) bond motifs is 1. The zero-order valence-electron chi connectivity index (χ0n) is 16.1. The smallest absolute Gasteiger partial charge is 0.216 e. The van der Waals surface area contributed by atoms with Crippen molar-refractivity contribution in [2.75, 3.05) is 6.54 Å². The van der Waals surface area contributed by atoms with Gasteiger partial charge in [0.05, 0.1) is 11.0 Å². The van der Waals surface area contributed by atoms with E-state index in [1.54, 1.807) is 6.92 Å². The first kappa shape index (κ1) is 18.2. The summed E-state index contributed by atoms with van der Waals surface area (Å²) in [5.41, 5.74) is 7.51. The summed E-state index contributed by atoms with van der Waals surface area (Å²) < 4.78 is 2.33. The van der Waals surface area contributed by atoms with Gasteiger partial charge in [-0.05, 0) is 56.0 Å². The molecule has 0 fully saturated rings. The van der Waals surface area contributed by atoms with Crippen LogP contribution in [0.2, 0.25) is 0 Å². The molecular formula is C22H27N3O. The molecule has 4 nitrogen and oxygen atoms in total. The number of hydrogen-bond acceptors (Lipinski definition) is 2. The quantitative estimate of drug-likeness (QED) is 0.682. The zero-order chi connectivity index (χ0) is 18.7. The van der Waals surface area contributed by atoms with Crippen molar-refractivity contribution in [3.8, 4) is 0 Å². The summed E-state index contributed by atoms with van der Waals surface area (Å²) >= 11 is 0. The number of carbonyl (C=O) groups excluding carboxylic acids is 1. The number of hydrogen-bond donors (Lipinski definition) is 1. The predicted octanol–water partition coefficient (Wildman–Crippen LogP) is 4.08. The van der Waals surface area contributed by atoms with Crippen molar-refractivity contribution in [1.82, 2.24) is 14.9 Å². The summed E-state index contributed by atoms with van der Waals surface area (Å²) in [4.78, 5) is 15.9. The molecule has 0 atom stereocenters. The minimum Gasteiger partial charge on any atom is -0.356 e. The standard InChI is InChI=1S/C22H27N3O/c1-15-12-16(2)19(17(3)13-15)14-25-21-9-6-5-8-20(21)24-22(25)10-7-11-23-18(4)26/h5-6,8-9,12-13H,7,10-11,14H2,1-4H3,(H,23,26). The van der Waals surface area contributed by atoms with Gasteiger partial charge < -0.3 is 9.88 Å². The number of amides is 1. The van der Waals surface area contributed by atoms with Gasteiger partial charge in [-0.25, -0.2) is 4.98 Å². The molecule has 26 heavy (non-hydrogen) atoms. The first-order valence-electron chi connectivity index (χ1n) is 9.21. The third-order valence-electron chi connectivity index (χ3n) is 4.84. The normalized spacial score (nSPS) is 11.1. The van der Waals surface area contributed by atoms with Gasteiger partial charge in [-0.1, -0.05) is 29.8 Å². The second-order valence-corrected chi connectivity index (χ2v) is 7.07. The van der Waals surface area contributed by atoms with E-state index in [-0.39, 0.29) is 5.91 Å². The van der Waals surface area contributed by atoms with Gasteiger partial charge in [0.1, 0.15) is 5.82 Å². The van der Waals surface area contributed by atoms with Crippen LogP contribution in [0.4, 0.5) is 0 Å². The summed E-state index contributed by atoms with van der Waals surface area (Å²) in [7, 11) is 0. The minimum absolute atomic E-state index is 0.0180. The Hall–Kier alpha value is -2.62. The van der Waals surface area contributed by atoms with Crippen LogP contribution in [0, 0.1) is 20.8 Å². The second kappa shape index (κ2) is 7.73. The molecule has 0 unspecified atom stereocenters. The van der Waals surface area contributed by atoms with Crippen LogP contribution in [0.1, 0.15) is 41.4 Å². The van der Waals surface area contributed by atoms with Gasteiger partial charge >= 0.3 is 0 Å². The number of benzene rings is 2. The monoisotopic (exact) mass is 349 g/mol. The van der Waals surface area contributed by atoms with Crippen molar-refractivity contribution >= 4 is 16.9 Å². The fourth-order valence-corrected chi connectivity index (χ4v) is 3.62. The minimum atomic E-state index is 0.0180. The van der Waals surface area contributed by atoms with Gasteiger partial charge in [0, 0.05) is 26.4 Å². The SMILES string of the molecule is CC(=O)NCCCc1nc2ccccc2n1Cc1c(C)cc(C)cc1C. The van der Waals surface area contributed by atoms with Crippen LogP contribution < -0.4 is 5.32 Å². The summed E-state index contributed by atoms with van der Waals surface area (Å²) in [6.45, 7) is 9.58. The van der Waals surface area contributed by atoms with E-state index in [9.17, 15) is 4.79 Å². The van der Waals surface area contributed by atoms with Crippen molar-refractivity contribution in [2.24, 2.45) is 0 Å². The van der Waals surface area contributed by atoms with Crippen LogP contribution >= 0.6 is 0 Å². The van der Waals surface area contributed by atoms with Crippen molar-refractivity contribution < 1.29 is 4.79 Å².